The zero-order valence-electron chi connectivity index (χ0n) is 8.25. The van der Waals surface area contributed by atoms with Gasteiger partial charge in [0.15, 0.2) is 0 Å². The van der Waals surface area contributed by atoms with Gasteiger partial charge in [-0.2, -0.15) is 30.3 Å². The number of aliphatic hydroxyl groups is 1. The van der Waals surface area contributed by atoms with Crippen LogP contribution in [0.25, 0.3) is 0 Å². The molecule has 0 saturated heterocycles. The van der Waals surface area contributed by atoms with Gasteiger partial charge in [0.05, 0.1) is 0 Å². The standard InChI is InChI=1S/C10H13O2.CH3.Lr/c11-7-4-8-12-9-10-5-2-1-3-6-10;;/h1-2,5-6,11H,4,7-9H2;1H3;/q2*-1;. The molecule has 1 N–H and O–H groups in total. The first kappa shape index (κ1) is 14.7. The molecule has 0 atom stereocenters. The minimum atomic E-state index is 0. The van der Waals surface area contributed by atoms with Crippen LogP contribution in [0.5, 0.6) is 0 Å². The van der Waals surface area contributed by atoms with E-state index in [1.54, 1.807) is 0 Å². The van der Waals surface area contributed by atoms with Gasteiger partial charge < -0.3 is 17.3 Å². The molecule has 2 nitrogen and oxygen atoms in total. The Balaban J connectivity index is 0. The predicted octanol–water partition coefficient (Wildman–Crippen LogP) is 1.84. The molecule has 0 fully saturated rings. The maximum Gasteiger partial charge on any atom is 0.0478 e. The van der Waals surface area contributed by atoms with Gasteiger partial charge in [-0.25, -0.2) is 0 Å². The van der Waals surface area contributed by atoms with Crippen LogP contribution in [0.3, 0.4) is 0 Å². The molecule has 0 aromatic heterocycles. The molecule has 1 aromatic rings. The molecule has 14 heavy (non-hydrogen) atoms. The molecule has 0 aliphatic rings. The summed E-state index contributed by atoms with van der Waals surface area (Å²) in [7, 11) is 0. The third-order valence-corrected chi connectivity index (χ3v) is 1.49. The molecule has 1 radical (unpaired) electrons. The number of aliphatic hydroxyl groups excluding tert-OH is 1. The van der Waals surface area contributed by atoms with E-state index in [1.807, 2.05) is 24.3 Å². The summed E-state index contributed by atoms with van der Waals surface area (Å²) in [6, 6.07) is 10.7. The number of benzene rings is 1. The first-order chi connectivity index (χ1) is 5.93. The Labute approximate surface area is 80.2 Å². The Morgan fingerprint density at radius 1 is 1.43 bits per heavy atom. The number of ether oxygens (including phenoxy) is 1. The molecule has 0 saturated carbocycles. The summed E-state index contributed by atoms with van der Waals surface area (Å²) in [6.45, 7) is 1.42. The first-order valence-corrected chi connectivity index (χ1v) is 4.07. The summed E-state index contributed by atoms with van der Waals surface area (Å²) >= 11 is 0. The van der Waals surface area contributed by atoms with Crippen molar-refractivity contribution in [3.05, 3.63) is 43.3 Å². The molecule has 1 rings (SSSR count). The van der Waals surface area contributed by atoms with Crippen molar-refractivity contribution in [3.8, 4) is 0 Å². The minimum Gasteiger partial charge on any atom is -0.396 e. The fourth-order valence-corrected chi connectivity index (χ4v) is 0.877. The van der Waals surface area contributed by atoms with Crippen LogP contribution in [-0.2, 0) is 11.3 Å². The number of hydrogen-bond acceptors (Lipinski definition) is 2. The van der Waals surface area contributed by atoms with Crippen molar-refractivity contribution < 1.29 is 9.84 Å². The average molecular weight is 442 g/mol. The summed E-state index contributed by atoms with van der Waals surface area (Å²) in [6.07, 6.45) is 0.705. The summed E-state index contributed by atoms with van der Waals surface area (Å²) < 4.78 is 5.28. The van der Waals surface area contributed by atoms with Crippen LogP contribution in [-0.4, -0.2) is 18.3 Å². The fourth-order valence-electron chi connectivity index (χ4n) is 0.877. The van der Waals surface area contributed by atoms with E-state index in [2.05, 4.69) is 6.07 Å². The minimum absolute atomic E-state index is 0. The zero-order chi connectivity index (χ0) is 8.65. The Hall–Kier alpha value is -1.86. The molecule has 1 aromatic carbocycles. The smallest absolute Gasteiger partial charge is 0.0478 e. The third kappa shape index (κ3) is 5.75. The summed E-state index contributed by atoms with van der Waals surface area (Å²) in [5.74, 6) is 0. The average Bonchev–Trinajstić information content (AvgIpc) is 2.14. The van der Waals surface area contributed by atoms with Gasteiger partial charge in [0, 0.05) is 19.8 Å². The Kier molecular flexibility index (Phi) is 9.66. The molecule has 0 amide bonds. The Morgan fingerprint density at radius 3 is 2.79 bits per heavy atom. The van der Waals surface area contributed by atoms with Gasteiger partial charge in [0.1, 0.15) is 0 Å². The number of hydrogen-bond donors (Lipinski definition) is 1. The van der Waals surface area contributed by atoms with Gasteiger partial charge in [-0.05, 0) is 6.42 Å². The molecule has 0 bridgehead atoms. The van der Waals surface area contributed by atoms with Gasteiger partial charge in [-0.15, -0.1) is 5.56 Å². The van der Waals surface area contributed by atoms with E-state index in [0.717, 1.165) is 5.56 Å². The maximum atomic E-state index is 8.48. The van der Waals surface area contributed by atoms with Crippen LogP contribution in [0.1, 0.15) is 12.0 Å². The van der Waals surface area contributed by atoms with E-state index in [-0.39, 0.29) is 14.0 Å². The molecule has 89 valence electrons. The van der Waals surface area contributed by atoms with Gasteiger partial charge in [-0.3, -0.25) is 0 Å². The molecule has 0 heterocycles. The van der Waals surface area contributed by atoms with Crippen molar-refractivity contribution in [1.29, 1.82) is 0 Å². The fraction of sp³-hybridized carbons (Fsp3) is 0.364. The summed E-state index contributed by atoms with van der Waals surface area (Å²) in [4.78, 5) is 0. The van der Waals surface area contributed by atoms with Crippen molar-refractivity contribution >= 4 is 0 Å². The summed E-state index contributed by atoms with van der Waals surface area (Å²) in [5, 5.41) is 8.48. The molecule has 0 aliphatic heterocycles. The summed E-state index contributed by atoms with van der Waals surface area (Å²) in [5.41, 5.74) is 1.12. The van der Waals surface area contributed by atoms with E-state index in [4.69, 9.17) is 9.84 Å². The zero-order valence-corrected chi connectivity index (χ0v) is 10.4. The van der Waals surface area contributed by atoms with Gasteiger partial charge in [-0.1, -0.05) is 0 Å². The molecule has 0 spiro atoms. The van der Waals surface area contributed by atoms with E-state index in [9.17, 15) is 0 Å². The topological polar surface area (TPSA) is 29.5 Å². The van der Waals surface area contributed by atoms with Crippen LogP contribution in [0.15, 0.2) is 24.3 Å². The van der Waals surface area contributed by atoms with Crippen molar-refractivity contribution in [2.24, 2.45) is 0 Å². The van der Waals surface area contributed by atoms with E-state index in [1.165, 1.54) is 0 Å². The Morgan fingerprint density at radius 2 is 2.21 bits per heavy atom. The van der Waals surface area contributed by atoms with Gasteiger partial charge in [0.2, 0.25) is 0 Å². The van der Waals surface area contributed by atoms with Crippen LogP contribution in [0.2, 0.25) is 0 Å². The second-order valence-electron chi connectivity index (χ2n) is 2.54. The monoisotopic (exact) mass is 442 g/mol. The van der Waals surface area contributed by atoms with Crippen molar-refractivity contribution in [2.75, 3.05) is 13.2 Å². The van der Waals surface area contributed by atoms with E-state index >= 15 is 0 Å². The molecule has 3 heteroatoms. The van der Waals surface area contributed by atoms with E-state index < -0.39 is 0 Å². The largest absolute Gasteiger partial charge is 0.396 e. The van der Waals surface area contributed by atoms with Crippen LogP contribution < -0.4 is 0 Å². The molecule has 0 unspecified atom stereocenters. The van der Waals surface area contributed by atoms with Crippen molar-refractivity contribution in [3.63, 3.8) is 0 Å². The van der Waals surface area contributed by atoms with E-state index in [0.29, 0.717) is 19.6 Å². The third-order valence-electron chi connectivity index (χ3n) is 1.49. The van der Waals surface area contributed by atoms with Gasteiger partial charge in [0.25, 0.3) is 0 Å². The van der Waals surface area contributed by atoms with Crippen LogP contribution >= 0.6 is 0 Å². The quantitative estimate of drug-likeness (QED) is 0.558. The first-order valence-electron chi connectivity index (χ1n) is 4.07. The van der Waals surface area contributed by atoms with Crippen LogP contribution in [0.4, 0.5) is 0 Å². The second kappa shape index (κ2) is 9.23. The SMILES string of the molecule is OCCCOCc1c[c-]ccc1.[CH3-].[Lr]. The molecular formula is C11H16LrO2-2. The predicted molar refractivity (Wildman–Crippen MR) is 53.1 cm³/mol. The molecule has 0 aliphatic carbocycles. The Bertz CT molecular complexity index is 202. The molecular weight excluding hydrogens is 426 g/mol. The second-order valence-corrected chi connectivity index (χ2v) is 2.54. The van der Waals surface area contributed by atoms with Crippen molar-refractivity contribution in [2.45, 2.75) is 13.0 Å². The van der Waals surface area contributed by atoms with Crippen molar-refractivity contribution in [1.82, 2.24) is 0 Å². The normalized spacial score (nSPS) is 8.64. The number of rotatable bonds is 5. The van der Waals surface area contributed by atoms with Crippen LogP contribution in [0, 0.1) is 13.5 Å². The maximum absolute atomic E-state index is 8.48. The van der Waals surface area contributed by atoms with Gasteiger partial charge >= 0.3 is 0 Å².